The van der Waals surface area contributed by atoms with Crippen LogP contribution in [0.25, 0.3) is 0 Å². The lowest BCUT2D eigenvalue weighted by atomic mass is 10.0. The maximum absolute atomic E-state index is 12.9. The van der Waals surface area contributed by atoms with Crippen molar-refractivity contribution in [3.63, 3.8) is 0 Å². The Morgan fingerprint density at radius 2 is 0.500 bits per heavy atom. The van der Waals surface area contributed by atoms with Crippen LogP contribution in [0.2, 0.25) is 0 Å². The molecule has 0 aromatic heterocycles. The first-order chi connectivity index (χ1) is 40.5. The molecule has 0 bridgehead atoms. The number of esters is 3. The van der Waals surface area contributed by atoms with Crippen molar-refractivity contribution in [3.8, 4) is 0 Å². The molecule has 0 aliphatic rings. The van der Waals surface area contributed by atoms with E-state index in [9.17, 15) is 14.4 Å². The summed E-state index contributed by atoms with van der Waals surface area (Å²) in [6.07, 6.45) is 96.5. The molecule has 468 valence electrons. The molecule has 1 atom stereocenters. The maximum atomic E-state index is 12.9. The topological polar surface area (TPSA) is 78.9 Å². The molecule has 0 rings (SSSR count). The molecule has 0 spiro atoms. The number of carbonyl (C=O) groups excluding carboxylic acids is 3. The molecule has 0 fully saturated rings. The number of rotatable bonds is 62. The third-order valence-corrected chi connectivity index (χ3v) is 14.7. The normalized spacial score (nSPS) is 12.9. The molecular formula is C76H128O6. The zero-order chi connectivity index (χ0) is 59.2. The van der Waals surface area contributed by atoms with Crippen molar-refractivity contribution in [2.75, 3.05) is 13.2 Å². The van der Waals surface area contributed by atoms with Gasteiger partial charge in [0.25, 0.3) is 0 Å². The molecule has 6 nitrogen and oxygen atoms in total. The second-order valence-electron chi connectivity index (χ2n) is 22.7. The molecule has 6 heteroatoms. The molecule has 0 saturated carbocycles. The molecule has 0 saturated heterocycles. The quantitative estimate of drug-likeness (QED) is 0.0261. The Labute approximate surface area is 507 Å². The van der Waals surface area contributed by atoms with Crippen LogP contribution in [0.4, 0.5) is 0 Å². The number of hydrogen-bond acceptors (Lipinski definition) is 6. The van der Waals surface area contributed by atoms with Gasteiger partial charge in [0.1, 0.15) is 13.2 Å². The van der Waals surface area contributed by atoms with Crippen molar-refractivity contribution in [1.82, 2.24) is 0 Å². The van der Waals surface area contributed by atoms with E-state index in [-0.39, 0.29) is 31.1 Å². The molecule has 0 aliphatic carbocycles. The summed E-state index contributed by atoms with van der Waals surface area (Å²) in [6.45, 7) is 6.46. The number of allylic oxidation sites excluding steroid dienone is 20. The highest BCUT2D eigenvalue weighted by Crippen LogP contribution is 2.17. The average molecular weight is 1140 g/mol. The summed E-state index contributed by atoms with van der Waals surface area (Å²) < 4.78 is 16.9. The minimum atomic E-state index is -0.798. The first kappa shape index (κ1) is 77.8. The highest BCUT2D eigenvalue weighted by molar-refractivity contribution is 5.71. The Kier molecular flexibility index (Phi) is 65.8. The van der Waals surface area contributed by atoms with Gasteiger partial charge in [-0.05, 0) is 109 Å². The second-order valence-corrected chi connectivity index (χ2v) is 22.7. The van der Waals surface area contributed by atoms with Crippen molar-refractivity contribution in [2.45, 2.75) is 329 Å². The van der Waals surface area contributed by atoms with E-state index in [1.165, 1.54) is 128 Å². The van der Waals surface area contributed by atoms with Gasteiger partial charge in [0.05, 0.1) is 0 Å². The molecule has 0 heterocycles. The molecule has 0 N–H and O–H groups in total. The highest BCUT2D eigenvalue weighted by Gasteiger charge is 2.19. The third kappa shape index (κ3) is 66.6. The number of unbranched alkanes of at least 4 members (excludes halogenated alkanes) is 31. The molecule has 0 aliphatic heterocycles. The fraction of sp³-hybridized carbons (Fsp3) is 0.697. The van der Waals surface area contributed by atoms with E-state index in [2.05, 4.69) is 142 Å². The summed E-state index contributed by atoms with van der Waals surface area (Å²) in [5, 5.41) is 0. The van der Waals surface area contributed by atoms with Crippen LogP contribution in [-0.4, -0.2) is 37.2 Å². The van der Waals surface area contributed by atoms with Crippen LogP contribution in [0.1, 0.15) is 323 Å². The zero-order valence-electron chi connectivity index (χ0n) is 53.7. The van der Waals surface area contributed by atoms with Crippen LogP contribution >= 0.6 is 0 Å². The van der Waals surface area contributed by atoms with Gasteiger partial charge in [-0.15, -0.1) is 0 Å². The lowest BCUT2D eigenvalue weighted by Crippen LogP contribution is -2.30. The van der Waals surface area contributed by atoms with Crippen molar-refractivity contribution in [3.05, 3.63) is 122 Å². The highest BCUT2D eigenvalue weighted by atomic mass is 16.6. The Balaban J connectivity index is 4.36. The Hall–Kier alpha value is -4.19. The predicted octanol–water partition coefficient (Wildman–Crippen LogP) is 23.9. The van der Waals surface area contributed by atoms with E-state index in [0.29, 0.717) is 19.3 Å². The van der Waals surface area contributed by atoms with Crippen LogP contribution in [0, 0.1) is 0 Å². The Bertz CT molecular complexity index is 1690. The van der Waals surface area contributed by atoms with Crippen molar-refractivity contribution in [1.29, 1.82) is 0 Å². The van der Waals surface area contributed by atoms with E-state index in [0.717, 1.165) is 154 Å². The van der Waals surface area contributed by atoms with Gasteiger partial charge in [0, 0.05) is 19.3 Å². The molecule has 82 heavy (non-hydrogen) atoms. The van der Waals surface area contributed by atoms with Crippen LogP contribution in [0.3, 0.4) is 0 Å². The molecule has 0 amide bonds. The smallest absolute Gasteiger partial charge is 0.306 e. The largest absolute Gasteiger partial charge is 0.462 e. The zero-order valence-corrected chi connectivity index (χ0v) is 53.7. The van der Waals surface area contributed by atoms with Crippen LogP contribution in [0.15, 0.2) is 122 Å². The van der Waals surface area contributed by atoms with Crippen LogP contribution < -0.4 is 0 Å². The molecular weight excluding hydrogens is 1010 g/mol. The molecule has 1 unspecified atom stereocenters. The van der Waals surface area contributed by atoms with Gasteiger partial charge in [0.15, 0.2) is 6.10 Å². The van der Waals surface area contributed by atoms with Crippen molar-refractivity contribution in [2.24, 2.45) is 0 Å². The summed E-state index contributed by atoms with van der Waals surface area (Å²) in [6, 6.07) is 0. The lowest BCUT2D eigenvalue weighted by molar-refractivity contribution is -0.167. The van der Waals surface area contributed by atoms with Crippen LogP contribution in [0.5, 0.6) is 0 Å². The SMILES string of the molecule is CC/C=C\C/C=C\C/C=C\C/C=C\C/C=C\C/C=C\C/C=C\C/C=C\CCCCCCC(=O)OCC(COC(=O)CCCCCCC/C=C\C/C=C\CCC)OC(=O)CCCCCCCCCCCCCCCCCCCCCCCC. The van der Waals surface area contributed by atoms with Crippen molar-refractivity contribution < 1.29 is 28.6 Å². The monoisotopic (exact) mass is 1140 g/mol. The summed E-state index contributed by atoms with van der Waals surface area (Å²) in [5.41, 5.74) is 0. The number of hydrogen-bond donors (Lipinski definition) is 0. The minimum Gasteiger partial charge on any atom is -0.462 e. The average Bonchev–Trinajstić information content (AvgIpc) is 3.47. The summed E-state index contributed by atoms with van der Waals surface area (Å²) in [5.74, 6) is -0.921. The van der Waals surface area contributed by atoms with Gasteiger partial charge in [-0.2, -0.15) is 0 Å². The van der Waals surface area contributed by atoms with Crippen molar-refractivity contribution >= 4 is 17.9 Å². The van der Waals surface area contributed by atoms with E-state index >= 15 is 0 Å². The summed E-state index contributed by atoms with van der Waals surface area (Å²) in [4.78, 5) is 38.4. The van der Waals surface area contributed by atoms with E-state index in [1.807, 2.05) is 0 Å². The number of carbonyl (C=O) groups is 3. The summed E-state index contributed by atoms with van der Waals surface area (Å²) >= 11 is 0. The first-order valence-electron chi connectivity index (χ1n) is 34.5. The van der Waals surface area contributed by atoms with Gasteiger partial charge in [-0.1, -0.05) is 316 Å². The molecule has 0 aromatic carbocycles. The second kappa shape index (κ2) is 69.3. The van der Waals surface area contributed by atoms with Gasteiger partial charge < -0.3 is 14.2 Å². The standard InChI is InChI=1S/C76H128O6/c1-4-7-10-13-16-19-22-25-27-29-31-33-35-36-37-38-39-40-41-43-44-46-48-51-54-57-60-63-66-69-75(78)81-72-73(71-80-74(77)68-65-62-59-56-53-50-24-21-18-15-12-9-6-3)82-76(79)70-67-64-61-58-55-52-49-47-45-42-34-32-30-28-26-23-20-17-14-11-8-5-2/h7,10,12,15-16,19,21,24-25,27,31,33,36-37,39-40,43-44,48,51,73H,4-6,8-9,11,13-14,17-18,20,22-23,26,28-30,32,34-35,38,41-42,45-47,49-50,52-72H2,1-3H3/b10-7-,15-12-,19-16-,24-21-,27-25-,33-31-,37-36-,40-39-,44-43-,51-48-. The van der Waals surface area contributed by atoms with E-state index < -0.39 is 6.10 Å². The molecule has 0 radical (unpaired) electrons. The molecule has 0 aromatic rings. The Morgan fingerprint density at radius 1 is 0.256 bits per heavy atom. The van der Waals surface area contributed by atoms with E-state index in [4.69, 9.17) is 14.2 Å². The first-order valence-corrected chi connectivity index (χ1v) is 34.5. The Morgan fingerprint density at radius 3 is 0.793 bits per heavy atom. The van der Waals surface area contributed by atoms with Gasteiger partial charge >= 0.3 is 17.9 Å². The predicted molar refractivity (Wildman–Crippen MR) is 357 cm³/mol. The summed E-state index contributed by atoms with van der Waals surface area (Å²) in [7, 11) is 0. The maximum Gasteiger partial charge on any atom is 0.306 e. The lowest BCUT2D eigenvalue weighted by Gasteiger charge is -2.18. The van der Waals surface area contributed by atoms with Crippen LogP contribution in [-0.2, 0) is 28.6 Å². The number of ether oxygens (including phenoxy) is 3. The third-order valence-electron chi connectivity index (χ3n) is 14.7. The minimum absolute atomic E-state index is 0.0933. The van der Waals surface area contributed by atoms with Gasteiger partial charge in [-0.3, -0.25) is 14.4 Å². The fourth-order valence-corrected chi connectivity index (χ4v) is 9.56. The fourth-order valence-electron chi connectivity index (χ4n) is 9.56. The van der Waals surface area contributed by atoms with Gasteiger partial charge in [0.2, 0.25) is 0 Å². The van der Waals surface area contributed by atoms with Gasteiger partial charge in [-0.25, -0.2) is 0 Å². The van der Waals surface area contributed by atoms with E-state index in [1.54, 1.807) is 0 Å².